The number of carboxylic acids is 1. The third kappa shape index (κ3) is 9.42. The lowest BCUT2D eigenvalue weighted by Gasteiger charge is -2.37. The number of ether oxygens (including phenoxy) is 1. The van der Waals surface area contributed by atoms with Crippen LogP contribution in [0.5, 0.6) is 5.75 Å². The third-order valence-electron chi connectivity index (χ3n) is 6.42. The lowest BCUT2D eigenvalue weighted by molar-refractivity contribution is -0.134. The molecule has 8 heteroatoms. The molecule has 2 aromatic rings. The number of carboxylic acid groups (broad SMARTS) is 1. The molecular weight excluding hydrogens is 517 g/mol. The summed E-state index contributed by atoms with van der Waals surface area (Å²) in [5.74, 6) is 0.618. The predicted octanol–water partition coefficient (Wildman–Crippen LogP) is 8.73. The number of methoxy groups -OCH3 is 1. The van der Waals surface area contributed by atoms with Gasteiger partial charge in [-0.1, -0.05) is 79.6 Å². The molecule has 39 heavy (non-hydrogen) atoms. The fourth-order valence-corrected chi connectivity index (χ4v) is 4.73. The lowest BCUT2D eigenvalue weighted by Crippen LogP contribution is -2.40. The number of carbonyl (C=O) groups is 1. The predicted molar refractivity (Wildman–Crippen MR) is 163 cm³/mol. The van der Waals surface area contributed by atoms with E-state index in [2.05, 4.69) is 37.9 Å². The molecule has 1 N–H and O–H groups in total. The second-order valence-corrected chi connectivity index (χ2v) is 10.4. The molecule has 1 unspecified atom stereocenters. The first kappa shape index (κ1) is 34.2. The Labute approximate surface area is 235 Å². The number of hydrogen-bond acceptors (Lipinski definition) is 4. The number of hydrogen-bond donors (Lipinski definition) is 1. The second kappa shape index (κ2) is 15.7. The van der Waals surface area contributed by atoms with E-state index in [9.17, 15) is 8.78 Å². The van der Waals surface area contributed by atoms with Crippen LogP contribution in [0.2, 0.25) is 0 Å². The van der Waals surface area contributed by atoms with Gasteiger partial charge in [-0.05, 0) is 55.2 Å². The molecule has 3 rings (SSSR count). The van der Waals surface area contributed by atoms with Gasteiger partial charge >= 0.3 is 0 Å². The molecule has 216 valence electrons. The molecule has 0 saturated heterocycles. The highest BCUT2D eigenvalue weighted by Crippen LogP contribution is 2.44. The van der Waals surface area contributed by atoms with Gasteiger partial charge in [0.1, 0.15) is 11.6 Å². The maximum Gasteiger partial charge on any atom is 0.300 e. The van der Waals surface area contributed by atoms with Crippen LogP contribution in [0.25, 0.3) is 0 Å². The topological polar surface area (TPSA) is 62.1 Å². The number of aryl methyl sites for hydroxylation is 1. The Morgan fingerprint density at radius 1 is 1.13 bits per heavy atom. The van der Waals surface area contributed by atoms with Crippen LogP contribution in [-0.4, -0.2) is 36.2 Å². The number of aliphatic carboxylic acids is 1. The zero-order valence-electron chi connectivity index (χ0n) is 24.9. The van der Waals surface area contributed by atoms with E-state index < -0.39 is 11.6 Å². The van der Waals surface area contributed by atoms with E-state index in [-0.39, 0.29) is 11.6 Å². The normalized spacial score (nSPS) is 13.9. The van der Waals surface area contributed by atoms with Crippen molar-refractivity contribution >= 4 is 26.7 Å². The molecular formula is C31H45F2N2O3P. The molecule has 0 bridgehead atoms. The molecule has 1 heterocycles. The number of nitrogens with zero attached hydrogens (tertiary/aromatic N) is 2. The third-order valence-corrected chi connectivity index (χ3v) is 6.69. The highest BCUT2D eigenvalue weighted by molar-refractivity contribution is 7.18. The highest BCUT2D eigenvalue weighted by Gasteiger charge is 2.39. The summed E-state index contributed by atoms with van der Waals surface area (Å²) in [6.45, 7) is 15.6. The van der Waals surface area contributed by atoms with Crippen LogP contribution in [0.1, 0.15) is 89.0 Å². The molecule has 0 amide bonds. The van der Waals surface area contributed by atoms with Crippen LogP contribution in [0.4, 0.5) is 14.5 Å². The number of alkyl halides is 2. The molecule has 0 radical (unpaired) electrons. The minimum absolute atomic E-state index is 0.00372. The number of allylic oxidation sites excluding steroid dienone is 1. The Balaban J connectivity index is 0.000000838. The van der Waals surface area contributed by atoms with Gasteiger partial charge in [0.15, 0.2) is 0 Å². The maximum absolute atomic E-state index is 14.8. The van der Waals surface area contributed by atoms with Gasteiger partial charge in [-0.3, -0.25) is 14.7 Å². The van der Waals surface area contributed by atoms with Crippen molar-refractivity contribution in [1.29, 1.82) is 0 Å². The van der Waals surface area contributed by atoms with Crippen LogP contribution in [0, 0.1) is 13.8 Å². The van der Waals surface area contributed by atoms with Gasteiger partial charge in [-0.25, -0.2) is 0 Å². The largest absolute Gasteiger partial charge is 0.496 e. The van der Waals surface area contributed by atoms with Crippen molar-refractivity contribution in [1.82, 2.24) is 0 Å². The van der Waals surface area contributed by atoms with E-state index in [0.717, 1.165) is 40.6 Å². The highest BCUT2D eigenvalue weighted by atomic mass is 31.0. The number of amidine groups is 1. The summed E-state index contributed by atoms with van der Waals surface area (Å²) < 4.78 is 35.1. The summed E-state index contributed by atoms with van der Waals surface area (Å²) in [4.78, 5) is 15.3. The van der Waals surface area contributed by atoms with E-state index in [4.69, 9.17) is 14.6 Å². The van der Waals surface area contributed by atoms with Gasteiger partial charge in [0.05, 0.1) is 25.0 Å². The van der Waals surface area contributed by atoms with E-state index in [1.807, 2.05) is 45.0 Å². The smallest absolute Gasteiger partial charge is 0.300 e. The van der Waals surface area contributed by atoms with Crippen molar-refractivity contribution in [2.24, 2.45) is 4.99 Å². The number of unbranched alkanes of at least 4 members (excludes halogenated alkanes) is 1. The zero-order valence-corrected chi connectivity index (χ0v) is 26.0. The Morgan fingerprint density at radius 2 is 1.72 bits per heavy atom. The fraction of sp³-hybridized carbons (Fsp3) is 0.484. The van der Waals surface area contributed by atoms with Gasteiger partial charge in [-0.2, -0.15) is 8.78 Å². The van der Waals surface area contributed by atoms with Gasteiger partial charge < -0.3 is 9.84 Å². The van der Waals surface area contributed by atoms with Gasteiger partial charge in [0.2, 0.25) is 0 Å². The SMILES string of the molecule is CC(=O)O.CCC1=NCC(C)=C(C(F)(F)P)N1c1ccc(C)cc1[C@H](C)c1cccc(OC)c1C.CCCC. The number of aliphatic imine (C=N–C) groups is 1. The summed E-state index contributed by atoms with van der Waals surface area (Å²) in [5, 5.41) is 7.42. The molecule has 1 aliphatic heterocycles. The molecule has 0 saturated carbocycles. The second-order valence-electron chi connectivity index (χ2n) is 9.65. The van der Waals surface area contributed by atoms with E-state index in [0.29, 0.717) is 24.4 Å². The molecule has 0 aromatic heterocycles. The van der Waals surface area contributed by atoms with Crippen molar-refractivity contribution < 1.29 is 23.4 Å². The molecule has 5 nitrogen and oxygen atoms in total. The van der Waals surface area contributed by atoms with Crippen molar-refractivity contribution in [3.63, 3.8) is 0 Å². The van der Waals surface area contributed by atoms with Crippen LogP contribution < -0.4 is 9.64 Å². The van der Waals surface area contributed by atoms with E-state index in [1.165, 1.54) is 12.8 Å². The minimum atomic E-state index is -3.06. The quantitative estimate of drug-likeness (QED) is 0.343. The molecule has 2 aromatic carbocycles. The first-order valence-electron chi connectivity index (χ1n) is 13.4. The van der Waals surface area contributed by atoms with Crippen LogP contribution in [-0.2, 0) is 4.79 Å². The summed E-state index contributed by atoms with van der Waals surface area (Å²) in [6.07, 6.45) is 3.21. The average molecular weight is 563 g/mol. The first-order chi connectivity index (χ1) is 18.2. The van der Waals surface area contributed by atoms with Crippen LogP contribution in [0.3, 0.4) is 0 Å². The van der Waals surface area contributed by atoms with Gasteiger partial charge in [0.25, 0.3) is 11.6 Å². The Hall–Kier alpha value is -2.79. The summed E-state index contributed by atoms with van der Waals surface area (Å²) >= 11 is 0. The lowest BCUT2D eigenvalue weighted by atomic mass is 9.87. The van der Waals surface area contributed by atoms with Crippen molar-refractivity contribution in [2.75, 3.05) is 18.6 Å². The summed E-state index contributed by atoms with van der Waals surface area (Å²) in [6, 6.07) is 12.0. The molecule has 0 fully saturated rings. The first-order valence-corrected chi connectivity index (χ1v) is 14.0. The van der Waals surface area contributed by atoms with E-state index >= 15 is 0 Å². The maximum atomic E-state index is 14.8. The monoisotopic (exact) mass is 562 g/mol. The van der Waals surface area contributed by atoms with E-state index in [1.54, 1.807) is 28.2 Å². The Kier molecular flexibility index (Phi) is 13.8. The number of halogens is 2. The van der Waals surface area contributed by atoms with Gasteiger partial charge in [-0.15, -0.1) is 0 Å². The number of anilines is 1. The Bertz CT molecular complexity index is 1170. The number of rotatable bonds is 7. The fourth-order valence-electron chi connectivity index (χ4n) is 4.35. The Morgan fingerprint density at radius 3 is 2.21 bits per heavy atom. The number of benzene rings is 2. The van der Waals surface area contributed by atoms with Crippen molar-refractivity contribution in [3.05, 3.63) is 69.9 Å². The van der Waals surface area contributed by atoms with Gasteiger partial charge in [0, 0.05) is 19.3 Å². The standard InChI is InChI=1S/C25H31F2N2OP.C4H10.C2H4O2/c1-7-23-28-14-16(3)24(25(26,27)31)29(23)21-12-11-15(2)13-20(21)17(4)19-9-8-10-22(30-6)18(19)5;1-3-4-2;1-2(3)4/h8-13,17H,7,14,31H2,1-6H3;3-4H2,1-2H3;1H3,(H,3,4)/t17-;;/m1../s1. The summed E-state index contributed by atoms with van der Waals surface area (Å²) in [7, 11) is 3.37. The van der Waals surface area contributed by atoms with Crippen molar-refractivity contribution in [2.45, 2.75) is 86.2 Å². The van der Waals surface area contributed by atoms with Crippen molar-refractivity contribution in [3.8, 4) is 5.75 Å². The zero-order chi connectivity index (χ0) is 29.9. The summed E-state index contributed by atoms with van der Waals surface area (Å²) in [5.41, 5.74) is 2.50. The average Bonchev–Trinajstić information content (AvgIpc) is 2.87. The molecule has 0 aliphatic carbocycles. The minimum Gasteiger partial charge on any atom is -0.496 e. The van der Waals surface area contributed by atoms with Crippen LogP contribution >= 0.6 is 9.24 Å². The molecule has 0 spiro atoms. The van der Waals surface area contributed by atoms with Crippen LogP contribution in [0.15, 0.2) is 52.7 Å². The molecule has 1 aliphatic rings. The molecule has 2 atom stereocenters.